The predicted octanol–water partition coefficient (Wildman–Crippen LogP) is 4.24. The van der Waals surface area contributed by atoms with Crippen LogP contribution in [0.5, 0.6) is 0 Å². The minimum Gasteiger partial charge on any atom is -0.378 e. The van der Waals surface area contributed by atoms with Crippen molar-refractivity contribution in [3.63, 3.8) is 0 Å². The number of ether oxygens (including phenoxy) is 1. The number of para-hydroxylation sites is 1. The van der Waals surface area contributed by atoms with Gasteiger partial charge in [0.25, 0.3) is 0 Å². The summed E-state index contributed by atoms with van der Waals surface area (Å²) >= 11 is 5.87. The zero-order valence-electron chi connectivity index (χ0n) is 17.9. The maximum atomic E-state index is 14.7. The van der Waals surface area contributed by atoms with E-state index in [4.69, 9.17) is 22.1 Å². The minimum atomic E-state index is -0.544. The Labute approximate surface area is 190 Å². The number of hydrogen-bond acceptors (Lipinski definition) is 5. The van der Waals surface area contributed by atoms with Crippen molar-refractivity contribution in [2.75, 3.05) is 42.6 Å². The van der Waals surface area contributed by atoms with Crippen molar-refractivity contribution in [1.29, 1.82) is 0 Å². The van der Waals surface area contributed by atoms with Crippen molar-refractivity contribution in [3.05, 3.63) is 63.9 Å². The SMILES string of the molecule is Cc1ccccc1-n1c(N2CCOCC2)nn(CN2CCCc3cc(F)cc(F)c32)c1=S. The fourth-order valence-electron chi connectivity index (χ4n) is 4.52. The van der Waals surface area contributed by atoms with Crippen LogP contribution in [-0.2, 0) is 17.8 Å². The largest absolute Gasteiger partial charge is 0.378 e. The number of halogens is 2. The fourth-order valence-corrected chi connectivity index (χ4v) is 4.80. The Kier molecular flexibility index (Phi) is 5.69. The topological polar surface area (TPSA) is 38.5 Å². The number of nitrogens with zero attached hydrogens (tertiary/aromatic N) is 5. The van der Waals surface area contributed by atoms with E-state index in [1.807, 2.05) is 40.7 Å². The fraction of sp³-hybridized carbons (Fsp3) is 0.391. The summed E-state index contributed by atoms with van der Waals surface area (Å²) in [4.78, 5) is 4.07. The molecule has 0 N–H and O–H groups in total. The molecule has 0 bridgehead atoms. The number of morpholine rings is 1. The number of aryl methyl sites for hydroxylation is 2. The Balaban J connectivity index is 1.58. The maximum Gasteiger partial charge on any atom is 0.230 e. The molecule has 3 heterocycles. The summed E-state index contributed by atoms with van der Waals surface area (Å²) in [6, 6.07) is 10.4. The standard InChI is InChI=1S/C23H25F2N5OS/c1-16-5-2-3-7-20(16)30-22(27-9-11-31-12-10-27)26-29(23(30)32)15-28-8-4-6-17-13-18(24)14-19(25)21(17)28/h2-3,5,7,13-14H,4,6,8-12,15H2,1H3. The van der Waals surface area contributed by atoms with Gasteiger partial charge in [-0.25, -0.2) is 13.5 Å². The molecule has 0 spiro atoms. The van der Waals surface area contributed by atoms with Crippen molar-refractivity contribution >= 4 is 23.9 Å². The molecule has 0 atom stereocenters. The maximum absolute atomic E-state index is 14.7. The van der Waals surface area contributed by atoms with E-state index in [0.29, 0.717) is 48.9 Å². The van der Waals surface area contributed by atoms with Crippen molar-refractivity contribution in [1.82, 2.24) is 14.3 Å². The van der Waals surface area contributed by atoms with E-state index in [0.717, 1.165) is 42.8 Å². The molecular weight excluding hydrogens is 432 g/mol. The highest BCUT2D eigenvalue weighted by molar-refractivity contribution is 7.71. The Morgan fingerprint density at radius 2 is 1.88 bits per heavy atom. The molecule has 2 aliphatic heterocycles. The molecule has 0 unspecified atom stereocenters. The molecule has 3 aromatic rings. The summed E-state index contributed by atoms with van der Waals surface area (Å²) < 4.78 is 38.2. The van der Waals surface area contributed by atoms with Crippen molar-refractivity contribution < 1.29 is 13.5 Å². The lowest BCUT2D eigenvalue weighted by atomic mass is 10.0. The summed E-state index contributed by atoms with van der Waals surface area (Å²) in [5, 5.41) is 4.87. The van der Waals surface area contributed by atoms with Crippen LogP contribution in [0.15, 0.2) is 36.4 Å². The van der Waals surface area contributed by atoms with Crippen LogP contribution in [0.3, 0.4) is 0 Å². The molecular formula is C23H25F2N5OS. The third-order valence-corrected chi connectivity index (χ3v) is 6.47. The zero-order chi connectivity index (χ0) is 22.2. The number of benzene rings is 2. The number of hydrogen-bond donors (Lipinski definition) is 0. The average Bonchev–Trinajstić information content (AvgIpc) is 3.10. The predicted molar refractivity (Wildman–Crippen MR) is 122 cm³/mol. The molecule has 1 saturated heterocycles. The molecule has 0 saturated carbocycles. The zero-order valence-corrected chi connectivity index (χ0v) is 18.7. The lowest BCUT2D eigenvalue weighted by molar-refractivity contribution is 0.122. The smallest absolute Gasteiger partial charge is 0.230 e. The average molecular weight is 458 g/mol. The van der Waals surface area contributed by atoms with Gasteiger partial charge < -0.3 is 14.5 Å². The first-order chi connectivity index (χ1) is 15.5. The van der Waals surface area contributed by atoms with Crippen molar-refractivity contribution in [2.45, 2.75) is 26.4 Å². The summed E-state index contributed by atoms with van der Waals surface area (Å²) in [7, 11) is 0. The van der Waals surface area contributed by atoms with E-state index in [1.165, 1.54) is 6.07 Å². The highest BCUT2D eigenvalue weighted by Crippen LogP contribution is 2.32. The van der Waals surface area contributed by atoms with Crippen LogP contribution >= 0.6 is 12.2 Å². The van der Waals surface area contributed by atoms with Crippen LogP contribution in [-0.4, -0.2) is 47.2 Å². The van der Waals surface area contributed by atoms with E-state index < -0.39 is 11.6 Å². The van der Waals surface area contributed by atoms with Crippen molar-refractivity contribution in [2.24, 2.45) is 0 Å². The summed E-state index contributed by atoms with van der Waals surface area (Å²) in [6.45, 7) is 5.69. The Bertz CT molecular complexity index is 1200. The molecule has 1 aromatic heterocycles. The van der Waals surface area contributed by atoms with Crippen LogP contribution in [0.2, 0.25) is 0 Å². The van der Waals surface area contributed by atoms with Crippen LogP contribution in [0.4, 0.5) is 20.4 Å². The van der Waals surface area contributed by atoms with E-state index in [9.17, 15) is 8.78 Å². The Morgan fingerprint density at radius 1 is 1.09 bits per heavy atom. The second-order valence-corrected chi connectivity index (χ2v) is 8.57. The molecule has 1 fully saturated rings. The van der Waals surface area contributed by atoms with E-state index in [-0.39, 0.29) is 0 Å². The van der Waals surface area contributed by atoms with Gasteiger partial charge in [-0.1, -0.05) is 18.2 Å². The van der Waals surface area contributed by atoms with Gasteiger partial charge in [0.2, 0.25) is 10.7 Å². The highest BCUT2D eigenvalue weighted by atomic mass is 32.1. The number of rotatable bonds is 4. The van der Waals surface area contributed by atoms with Gasteiger partial charge in [0.15, 0.2) is 0 Å². The van der Waals surface area contributed by atoms with E-state index in [2.05, 4.69) is 4.90 Å². The molecule has 32 heavy (non-hydrogen) atoms. The van der Waals surface area contributed by atoms with Crippen LogP contribution in [0.25, 0.3) is 5.69 Å². The first kappa shape index (κ1) is 21.1. The number of aromatic nitrogens is 3. The Hall–Kier alpha value is -2.78. The van der Waals surface area contributed by atoms with Crippen LogP contribution < -0.4 is 9.80 Å². The lowest BCUT2D eigenvalue weighted by Crippen LogP contribution is -2.38. The summed E-state index contributed by atoms with van der Waals surface area (Å²) in [5.41, 5.74) is 3.19. The molecule has 0 amide bonds. The molecule has 6 nitrogen and oxygen atoms in total. The van der Waals surface area contributed by atoms with Crippen LogP contribution in [0, 0.1) is 23.3 Å². The van der Waals surface area contributed by atoms with E-state index in [1.54, 1.807) is 4.68 Å². The van der Waals surface area contributed by atoms with Gasteiger partial charge in [0.1, 0.15) is 18.3 Å². The first-order valence-electron chi connectivity index (χ1n) is 10.8. The highest BCUT2D eigenvalue weighted by Gasteiger charge is 2.26. The molecule has 0 radical (unpaired) electrons. The number of anilines is 2. The normalized spacial score (nSPS) is 16.3. The van der Waals surface area contributed by atoms with Gasteiger partial charge in [-0.05, 0) is 55.2 Å². The lowest BCUT2D eigenvalue weighted by Gasteiger charge is -2.31. The Morgan fingerprint density at radius 3 is 2.66 bits per heavy atom. The van der Waals surface area contributed by atoms with Crippen LogP contribution in [0.1, 0.15) is 17.5 Å². The number of fused-ring (bicyclic) bond motifs is 1. The van der Waals surface area contributed by atoms with Crippen molar-refractivity contribution in [3.8, 4) is 5.69 Å². The van der Waals surface area contributed by atoms with Gasteiger partial charge in [0, 0.05) is 25.7 Å². The van der Waals surface area contributed by atoms with Gasteiger partial charge in [-0.2, -0.15) is 0 Å². The van der Waals surface area contributed by atoms with Gasteiger partial charge >= 0.3 is 0 Å². The molecule has 0 aliphatic carbocycles. The first-order valence-corrected chi connectivity index (χ1v) is 11.2. The van der Waals surface area contributed by atoms with Gasteiger partial charge in [-0.15, -0.1) is 5.10 Å². The van der Waals surface area contributed by atoms with Gasteiger partial charge in [-0.3, -0.25) is 4.57 Å². The monoisotopic (exact) mass is 457 g/mol. The second-order valence-electron chi connectivity index (χ2n) is 8.21. The molecule has 5 rings (SSSR count). The minimum absolute atomic E-state index is 0.296. The third-order valence-electron chi connectivity index (χ3n) is 6.07. The molecule has 168 valence electrons. The molecule has 2 aromatic carbocycles. The third kappa shape index (κ3) is 3.80. The van der Waals surface area contributed by atoms with E-state index >= 15 is 0 Å². The molecule has 2 aliphatic rings. The summed E-state index contributed by atoms with van der Waals surface area (Å²) in [6.07, 6.45) is 1.47. The van der Waals surface area contributed by atoms with Gasteiger partial charge in [0.05, 0.1) is 24.6 Å². The molecule has 9 heteroatoms. The second kappa shape index (κ2) is 8.63. The quantitative estimate of drug-likeness (QED) is 0.548. The summed E-state index contributed by atoms with van der Waals surface area (Å²) in [5.74, 6) is -0.333.